The molecule has 0 unspecified atom stereocenters. The average Bonchev–Trinajstić information content (AvgIpc) is 2.70. The molecule has 0 spiro atoms. The van der Waals surface area contributed by atoms with E-state index in [2.05, 4.69) is 10.4 Å². The second-order valence-electron chi connectivity index (χ2n) is 4.50. The predicted octanol–water partition coefficient (Wildman–Crippen LogP) is 2.58. The molecule has 0 saturated heterocycles. The Morgan fingerprint density at radius 2 is 2.14 bits per heavy atom. The molecule has 0 radical (unpaired) electrons. The Morgan fingerprint density at radius 3 is 2.62 bits per heavy atom. The van der Waals surface area contributed by atoms with Crippen LogP contribution >= 0.6 is 11.6 Å². The molecular weight excluding hydrogens is 311 g/mol. The van der Waals surface area contributed by atoms with E-state index in [1.807, 2.05) is 0 Å². The Bertz CT molecular complexity index is 503. The van der Waals surface area contributed by atoms with Crippen LogP contribution in [-0.2, 0) is 15.7 Å². The summed E-state index contributed by atoms with van der Waals surface area (Å²) in [5, 5.41) is 5.54. The first kappa shape index (κ1) is 17.8. The van der Waals surface area contributed by atoms with E-state index in [-0.39, 0.29) is 5.69 Å². The van der Waals surface area contributed by atoms with Gasteiger partial charge in [0.2, 0.25) is 5.91 Å². The Morgan fingerprint density at radius 1 is 1.52 bits per heavy atom. The number of nitrogens with one attached hydrogen (secondary N) is 1. The second-order valence-corrected chi connectivity index (χ2v) is 4.88. The third kappa shape index (κ3) is 4.34. The van der Waals surface area contributed by atoms with Crippen LogP contribution in [-0.4, -0.2) is 35.9 Å². The summed E-state index contributed by atoms with van der Waals surface area (Å²) in [6, 6.07) is -0.888. The molecule has 0 aliphatic carbocycles. The second kappa shape index (κ2) is 7.13. The quantitative estimate of drug-likeness (QED) is 0.817. The van der Waals surface area contributed by atoms with Crippen LogP contribution in [0.1, 0.15) is 30.8 Å². The number of hydrogen-bond donors (Lipinski definition) is 1. The number of carbonyl (C=O) groups is 1. The Kier molecular flexibility index (Phi) is 6.03. The van der Waals surface area contributed by atoms with Gasteiger partial charge in [-0.2, -0.15) is 18.3 Å². The van der Waals surface area contributed by atoms with Crippen LogP contribution < -0.4 is 5.32 Å². The molecule has 1 atom stereocenters. The SMILES string of the molecule is COCCCNC(=O)[C@@H](C)n1nc(C(F)(F)F)c(Cl)c1C. The van der Waals surface area contributed by atoms with Crippen LogP contribution in [0, 0.1) is 6.92 Å². The monoisotopic (exact) mass is 327 g/mol. The number of rotatable bonds is 6. The summed E-state index contributed by atoms with van der Waals surface area (Å²) in [7, 11) is 1.54. The van der Waals surface area contributed by atoms with E-state index in [9.17, 15) is 18.0 Å². The molecule has 1 N–H and O–H groups in total. The first-order valence-electron chi connectivity index (χ1n) is 6.28. The molecule has 1 aromatic rings. The van der Waals surface area contributed by atoms with Crippen LogP contribution in [0.25, 0.3) is 0 Å². The van der Waals surface area contributed by atoms with Crippen molar-refractivity contribution in [3.05, 3.63) is 16.4 Å². The van der Waals surface area contributed by atoms with Gasteiger partial charge in [0, 0.05) is 20.3 Å². The molecule has 1 amide bonds. The van der Waals surface area contributed by atoms with Gasteiger partial charge in [-0.1, -0.05) is 11.6 Å². The van der Waals surface area contributed by atoms with E-state index in [0.717, 1.165) is 4.68 Å². The van der Waals surface area contributed by atoms with Crippen molar-refractivity contribution in [3.8, 4) is 0 Å². The molecule has 0 saturated carbocycles. The summed E-state index contributed by atoms with van der Waals surface area (Å²) in [6.07, 6.45) is -4.04. The number of alkyl halides is 3. The lowest BCUT2D eigenvalue weighted by Crippen LogP contribution is -2.33. The lowest BCUT2D eigenvalue weighted by molar-refractivity contribution is -0.141. The molecule has 0 aliphatic rings. The number of amides is 1. The molecule has 9 heteroatoms. The molecule has 0 aromatic carbocycles. The lowest BCUT2D eigenvalue weighted by atomic mass is 10.3. The van der Waals surface area contributed by atoms with Crippen LogP contribution in [0.3, 0.4) is 0 Å². The molecule has 0 bridgehead atoms. The van der Waals surface area contributed by atoms with Crippen molar-refractivity contribution in [1.82, 2.24) is 15.1 Å². The predicted molar refractivity (Wildman–Crippen MR) is 71.2 cm³/mol. The van der Waals surface area contributed by atoms with Gasteiger partial charge in [0.15, 0.2) is 5.69 Å². The van der Waals surface area contributed by atoms with Gasteiger partial charge in [-0.25, -0.2) is 0 Å². The molecule has 0 aliphatic heterocycles. The fraction of sp³-hybridized carbons (Fsp3) is 0.667. The average molecular weight is 328 g/mol. The Hall–Kier alpha value is -1.28. The van der Waals surface area contributed by atoms with Gasteiger partial charge >= 0.3 is 6.18 Å². The van der Waals surface area contributed by atoms with Gasteiger partial charge in [-0.3, -0.25) is 9.48 Å². The van der Waals surface area contributed by atoms with Crippen molar-refractivity contribution in [2.75, 3.05) is 20.3 Å². The van der Waals surface area contributed by atoms with Gasteiger partial charge in [0.05, 0.1) is 10.7 Å². The maximum Gasteiger partial charge on any atom is 0.436 e. The van der Waals surface area contributed by atoms with Gasteiger partial charge in [0.1, 0.15) is 6.04 Å². The van der Waals surface area contributed by atoms with E-state index in [0.29, 0.717) is 19.6 Å². The molecule has 21 heavy (non-hydrogen) atoms. The number of methoxy groups -OCH3 is 1. The molecule has 1 rings (SSSR count). The van der Waals surface area contributed by atoms with Crippen molar-refractivity contribution in [1.29, 1.82) is 0 Å². The van der Waals surface area contributed by atoms with E-state index in [4.69, 9.17) is 16.3 Å². The number of aromatic nitrogens is 2. The highest BCUT2D eigenvalue weighted by Gasteiger charge is 2.39. The van der Waals surface area contributed by atoms with Gasteiger partial charge in [-0.05, 0) is 20.3 Å². The highest BCUT2D eigenvalue weighted by atomic mass is 35.5. The fourth-order valence-electron chi connectivity index (χ4n) is 1.74. The number of halogens is 4. The molecule has 0 fully saturated rings. The summed E-state index contributed by atoms with van der Waals surface area (Å²) in [4.78, 5) is 11.9. The summed E-state index contributed by atoms with van der Waals surface area (Å²) in [6.45, 7) is 3.71. The lowest BCUT2D eigenvalue weighted by Gasteiger charge is -2.14. The van der Waals surface area contributed by atoms with Gasteiger partial charge in [-0.15, -0.1) is 0 Å². The largest absolute Gasteiger partial charge is 0.436 e. The molecule has 1 aromatic heterocycles. The molecule has 120 valence electrons. The third-order valence-corrected chi connectivity index (χ3v) is 3.37. The van der Waals surface area contributed by atoms with Crippen molar-refractivity contribution in [3.63, 3.8) is 0 Å². The van der Waals surface area contributed by atoms with Crippen molar-refractivity contribution >= 4 is 17.5 Å². The summed E-state index contributed by atoms with van der Waals surface area (Å²) in [5.41, 5.74) is -1.08. The minimum absolute atomic E-state index is 0.100. The Balaban J connectivity index is 2.83. The van der Waals surface area contributed by atoms with E-state index < -0.39 is 28.8 Å². The van der Waals surface area contributed by atoms with Crippen molar-refractivity contribution in [2.24, 2.45) is 0 Å². The van der Waals surface area contributed by atoms with Crippen molar-refractivity contribution in [2.45, 2.75) is 32.5 Å². The third-order valence-electron chi connectivity index (χ3n) is 2.92. The first-order chi connectivity index (χ1) is 9.70. The maximum atomic E-state index is 12.7. The van der Waals surface area contributed by atoms with E-state index in [1.54, 1.807) is 0 Å². The minimum atomic E-state index is -4.65. The van der Waals surface area contributed by atoms with Crippen LogP contribution in [0.15, 0.2) is 0 Å². The topological polar surface area (TPSA) is 56.1 Å². The zero-order valence-corrected chi connectivity index (χ0v) is 12.7. The number of carbonyl (C=O) groups excluding carboxylic acids is 1. The first-order valence-corrected chi connectivity index (χ1v) is 6.66. The number of nitrogens with zero attached hydrogens (tertiary/aromatic N) is 2. The van der Waals surface area contributed by atoms with Gasteiger partial charge in [0.25, 0.3) is 0 Å². The summed E-state index contributed by atoms with van der Waals surface area (Å²) < 4.78 is 44.0. The highest BCUT2D eigenvalue weighted by Crippen LogP contribution is 2.36. The van der Waals surface area contributed by atoms with E-state index >= 15 is 0 Å². The fourth-order valence-corrected chi connectivity index (χ4v) is 1.98. The van der Waals surface area contributed by atoms with Crippen LogP contribution in [0.2, 0.25) is 5.02 Å². The zero-order chi connectivity index (χ0) is 16.2. The number of ether oxygens (including phenoxy) is 1. The maximum absolute atomic E-state index is 12.7. The molecule has 5 nitrogen and oxygen atoms in total. The minimum Gasteiger partial charge on any atom is -0.385 e. The summed E-state index contributed by atoms with van der Waals surface area (Å²) in [5.74, 6) is -0.429. The smallest absolute Gasteiger partial charge is 0.385 e. The normalized spacial score (nSPS) is 13.3. The zero-order valence-electron chi connectivity index (χ0n) is 11.9. The molecule has 1 heterocycles. The number of hydrogen-bond acceptors (Lipinski definition) is 3. The van der Waals surface area contributed by atoms with Crippen molar-refractivity contribution < 1.29 is 22.7 Å². The Labute approximate surface area is 125 Å². The van der Waals surface area contributed by atoms with Crippen LogP contribution in [0.5, 0.6) is 0 Å². The highest BCUT2D eigenvalue weighted by molar-refractivity contribution is 6.32. The molecular formula is C12H17ClF3N3O2. The standard InChI is InChI=1S/C12H17ClF3N3O2/c1-7-9(13)10(12(14,15)16)18-19(7)8(2)11(20)17-5-4-6-21-3/h8H,4-6H2,1-3H3,(H,17,20)/t8-/m1/s1. The van der Waals surface area contributed by atoms with Gasteiger partial charge < -0.3 is 10.1 Å². The van der Waals surface area contributed by atoms with Crippen LogP contribution in [0.4, 0.5) is 13.2 Å². The summed E-state index contributed by atoms with van der Waals surface area (Å²) >= 11 is 5.64. The van der Waals surface area contributed by atoms with E-state index in [1.165, 1.54) is 21.0 Å².